The molecule has 7 nitrogen and oxygen atoms in total. The van der Waals surface area contributed by atoms with Crippen molar-refractivity contribution in [2.75, 3.05) is 26.2 Å². The summed E-state index contributed by atoms with van der Waals surface area (Å²) < 4.78 is 16.1. The van der Waals surface area contributed by atoms with Crippen molar-refractivity contribution >= 4 is 16.8 Å². The highest BCUT2D eigenvalue weighted by molar-refractivity contribution is 5.94. The number of benzene rings is 2. The Labute approximate surface area is 190 Å². The van der Waals surface area contributed by atoms with Gasteiger partial charge in [-0.3, -0.25) is 24.0 Å². The lowest BCUT2D eigenvalue weighted by Crippen LogP contribution is -2.53. The lowest BCUT2D eigenvalue weighted by Gasteiger charge is -2.39. The molecule has 1 aliphatic heterocycles. The van der Waals surface area contributed by atoms with Crippen LogP contribution >= 0.6 is 0 Å². The first kappa shape index (κ1) is 22.7. The molecule has 4 rings (SSSR count). The first-order chi connectivity index (χ1) is 15.9. The number of allylic oxidation sites excluding steroid dienone is 1. The summed E-state index contributed by atoms with van der Waals surface area (Å²) in [5.41, 5.74) is 0.0585. The van der Waals surface area contributed by atoms with Crippen LogP contribution in [0.15, 0.2) is 64.2 Å². The molecule has 1 atom stereocenters. The van der Waals surface area contributed by atoms with Crippen molar-refractivity contribution in [3.05, 3.63) is 92.4 Å². The van der Waals surface area contributed by atoms with E-state index in [9.17, 15) is 18.8 Å². The number of carbonyl (C=O) groups is 1. The van der Waals surface area contributed by atoms with Gasteiger partial charge in [0.25, 0.3) is 11.5 Å². The lowest BCUT2D eigenvalue weighted by molar-refractivity contribution is 0.0538. The summed E-state index contributed by atoms with van der Waals surface area (Å²) in [6.07, 6.45) is 4.08. The maximum Gasteiger partial charge on any atom is 0.329 e. The monoisotopic (exact) mass is 450 g/mol. The molecule has 2 heterocycles. The number of carbonyl (C=O) groups excluding carboxylic acids is 1. The smallest absolute Gasteiger partial charge is 0.329 e. The van der Waals surface area contributed by atoms with Crippen LogP contribution < -0.4 is 11.2 Å². The predicted molar refractivity (Wildman–Crippen MR) is 126 cm³/mol. The third-order valence-electron chi connectivity index (χ3n) is 6.13. The van der Waals surface area contributed by atoms with Gasteiger partial charge in [-0.2, -0.15) is 0 Å². The van der Waals surface area contributed by atoms with Crippen molar-refractivity contribution in [1.82, 2.24) is 19.4 Å². The number of aromatic amines is 1. The highest BCUT2D eigenvalue weighted by atomic mass is 19.1. The molecule has 1 N–H and O–H groups in total. The standard InChI is InChI=1S/C25H27FN4O3/c1-3-4-11-28-12-13-29(15-17(28)2)24(32)20-14-18(9-10-21(20)26)16-30-22-8-6-5-7-19(22)23(31)27-25(30)33/h3-10,14,17H,11-13,15-16H2,1-2H3,(H,27,31,33)/t17-/m1/s1. The van der Waals surface area contributed by atoms with Gasteiger partial charge in [-0.1, -0.05) is 30.4 Å². The largest absolute Gasteiger partial charge is 0.336 e. The zero-order valence-electron chi connectivity index (χ0n) is 18.8. The summed E-state index contributed by atoms with van der Waals surface area (Å²) in [7, 11) is 0. The van der Waals surface area contributed by atoms with Crippen LogP contribution in [0.5, 0.6) is 0 Å². The highest BCUT2D eigenvalue weighted by Gasteiger charge is 2.28. The Bertz CT molecular complexity index is 1330. The highest BCUT2D eigenvalue weighted by Crippen LogP contribution is 2.18. The molecule has 33 heavy (non-hydrogen) atoms. The average Bonchev–Trinajstić information content (AvgIpc) is 2.81. The summed E-state index contributed by atoms with van der Waals surface area (Å²) in [6, 6.07) is 11.3. The molecular formula is C25H27FN4O3. The number of amides is 1. The second-order valence-corrected chi connectivity index (χ2v) is 8.34. The molecule has 8 heteroatoms. The Morgan fingerprint density at radius 1 is 1.18 bits per heavy atom. The SMILES string of the molecule is CC=CCN1CCN(C(=O)c2cc(Cn3c(=O)[nH]c(=O)c4ccccc43)ccc2F)C[C@H]1C. The number of fused-ring (bicyclic) bond motifs is 1. The van der Waals surface area contributed by atoms with Gasteiger partial charge in [0.05, 0.1) is 23.0 Å². The molecular weight excluding hydrogens is 423 g/mol. The molecule has 172 valence electrons. The van der Waals surface area contributed by atoms with Crippen LogP contribution in [0.1, 0.15) is 29.8 Å². The van der Waals surface area contributed by atoms with Crippen molar-refractivity contribution in [1.29, 1.82) is 0 Å². The minimum absolute atomic E-state index is 0.0108. The molecule has 1 saturated heterocycles. The Kier molecular flexibility index (Phi) is 6.55. The first-order valence-corrected chi connectivity index (χ1v) is 11.0. The summed E-state index contributed by atoms with van der Waals surface area (Å²) in [5.74, 6) is -0.947. The number of nitrogens with zero attached hydrogens (tertiary/aromatic N) is 3. The Balaban J connectivity index is 1.60. The van der Waals surface area contributed by atoms with E-state index >= 15 is 0 Å². The van der Waals surface area contributed by atoms with Crippen molar-refractivity contribution < 1.29 is 9.18 Å². The fourth-order valence-electron chi connectivity index (χ4n) is 4.28. The third kappa shape index (κ3) is 4.66. The number of piperazine rings is 1. The van der Waals surface area contributed by atoms with Gasteiger partial charge in [0, 0.05) is 32.2 Å². The fourth-order valence-corrected chi connectivity index (χ4v) is 4.28. The Morgan fingerprint density at radius 3 is 2.73 bits per heavy atom. The maximum absolute atomic E-state index is 14.7. The van der Waals surface area contributed by atoms with Crippen LogP contribution in [0.25, 0.3) is 10.9 Å². The van der Waals surface area contributed by atoms with Crippen LogP contribution in [-0.4, -0.2) is 57.5 Å². The first-order valence-electron chi connectivity index (χ1n) is 11.0. The van der Waals surface area contributed by atoms with E-state index in [-0.39, 0.29) is 24.1 Å². The Hall–Kier alpha value is -3.52. The second kappa shape index (κ2) is 9.54. The Morgan fingerprint density at radius 2 is 1.97 bits per heavy atom. The van der Waals surface area contributed by atoms with E-state index in [1.54, 1.807) is 35.2 Å². The molecule has 1 fully saturated rings. The molecule has 1 amide bonds. The molecule has 0 aliphatic carbocycles. The second-order valence-electron chi connectivity index (χ2n) is 8.34. The van der Waals surface area contributed by atoms with E-state index in [0.29, 0.717) is 29.6 Å². The number of H-pyrrole nitrogens is 1. The molecule has 0 spiro atoms. The van der Waals surface area contributed by atoms with Crippen molar-refractivity contribution in [2.45, 2.75) is 26.4 Å². The van der Waals surface area contributed by atoms with Gasteiger partial charge < -0.3 is 4.90 Å². The summed E-state index contributed by atoms with van der Waals surface area (Å²) in [4.78, 5) is 44.0. The van der Waals surface area contributed by atoms with E-state index in [2.05, 4.69) is 22.9 Å². The molecule has 0 radical (unpaired) electrons. The van der Waals surface area contributed by atoms with Gasteiger partial charge in [0.2, 0.25) is 0 Å². The van der Waals surface area contributed by atoms with E-state index in [0.717, 1.165) is 13.1 Å². The van der Waals surface area contributed by atoms with Crippen LogP contribution in [0.4, 0.5) is 4.39 Å². The van der Waals surface area contributed by atoms with Gasteiger partial charge in [0.15, 0.2) is 0 Å². The maximum atomic E-state index is 14.7. The number of aromatic nitrogens is 2. The van der Waals surface area contributed by atoms with Gasteiger partial charge in [-0.05, 0) is 43.7 Å². The van der Waals surface area contributed by atoms with Crippen LogP contribution in [0, 0.1) is 5.82 Å². The number of para-hydroxylation sites is 1. The molecule has 1 aromatic heterocycles. The fraction of sp³-hybridized carbons (Fsp3) is 0.320. The van der Waals surface area contributed by atoms with E-state index < -0.39 is 17.1 Å². The molecule has 3 aromatic rings. The lowest BCUT2D eigenvalue weighted by atomic mass is 10.1. The quantitative estimate of drug-likeness (QED) is 0.606. The topological polar surface area (TPSA) is 78.4 Å². The zero-order chi connectivity index (χ0) is 23.5. The van der Waals surface area contributed by atoms with Crippen LogP contribution in [0.3, 0.4) is 0 Å². The van der Waals surface area contributed by atoms with Gasteiger partial charge in [0.1, 0.15) is 5.82 Å². The van der Waals surface area contributed by atoms with Crippen LogP contribution in [0.2, 0.25) is 0 Å². The summed E-state index contributed by atoms with van der Waals surface area (Å²) >= 11 is 0. The van der Waals surface area contributed by atoms with E-state index in [1.807, 2.05) is 13.0 Å². The number of hydrogen-bond donors (Lipinski definition) is 1. The van der Waals surface area contributed by atoms with E-state index in [1.165, 1.54) is 16.7 Å². The summed E-state index contributed by atoms with van der Waals surface area (Å²) in [5, 5.41) is 0.389. The van der Waals surface area contributed by atoms with E-state index in [4.69, 9.17) is 0 Å². The molecule has 0 bridgehead atoms. The molecule has 2 aromatic carbocycles. The predicted octanol–water partition coefficient (Wildman–Crippen LogP) is 2.60. The normalized spacial score (nSPS) is 17.2. The van der Waals surface area contributed by atoms with Gasteiger partial charge in [-0.25, -0.2) is 9.18 Å². The third-order valence-corrected chi connectivity index (χ3v) is 6.13. The number of hydrogen-bond acceptors (Lipinski definition) is 4. The van der Waals surface area contributed by atoms with Gasteiger partial charge >= 0.3 is 5.69 Å². The number of halogens is 1. The molecule has 0 unspecified atom stereocenters. The van der Waals surface area contributed by atoms with Crippen molar-refractivity contribution in [3.63, 3.8) is 0 Å². The van der Waals surface area contributed by atoms with Crippen molar-refractivity contribution in [3.8, 4) is 0 Å². The summed E-state index contributed by atoms with van der Waals surface area (Å²) in [6.45, 7) is 6.72. The van der Waals surface area contributed by atoms with Gasteiger partial charge in [-0.15, -0.1) is 0 Å². The zero-order valence-corrected chi connectivity index (χ0v) is 18.8. The minimum Gasteiger partial charge on any atom is -0.336 e. The molecule has 1 aliphatic rings. The number of nitrogens with one attached hydrogen (secondary N) is 1. The average molecular weight is 451 g/mol. The minimum atomic E-state index is -0.591. The number of rotatable bonds is 5. The van der Waals surface area contributed by atoms with Crippen molar-refractivity contribution in [2.24, 2.45) is 0 Å². The molecule has 0 saturated carbocycles. The van der Waals surface area contributed by atoms with Crippen LogP contribution in [-0.2, 0) is 6.54 Å².